The summed E-state index contributed by atoms with van der Waals surface area (Å²) in [4.78, 5) is 16.1. The fourth-order valence-electron chi connectivity index (χ4n) is 1.88. The Balaban J connectivity index is 1.86. The third kappa shape index (κ3) is 3.81. The quantitative estimate of drug-likeness (QED) is 0.830. The number of carbonyl (C=O) groups excluding carboxylic acids is 1. The van der Waals surface area contributed by atoms with Gasteiger partial charge in [0.25, 0.3) is 5.91 Å². The zero-order valence-electron chi connectivity index (χ0n) is 11.8. The largest absolute Gasteiger partial charge is 0.385 e. The summed E-state index contributed by atoms with van der Waals surface area (Å²) in [5.41, 5.74) is 2.43. The Morgan fingerprint density at radius 1 is 1.45 bits per heavy atom. The number of hydrogen-bond donors (Lipinski definition) is 2. The third-order valence-electron chi connectivity index (χ3n) is 2.83. The molecule has 0 atom stereocenters. The van der Waals surface area contributed by atoms with Crippen LogP contribution in [0.25, 0.3) is 0 Å². The Hall–Kier alpha value is -2.37. The van der Waals surface area contributed by atoms with Crippen molar-refractivity contribution in [2.45, 2.75) is 13.3 Å². The van der Waals surface area contributed by atoms with E-state index >= 15 is 0 Å². The second-order valence-electron chi connectivity index (χ2n) is 4.49. The van der Waals surface area contributed by atoms with Gasteiger partial charge < -0.3 is 10.6 Å². The van der Waals surface area contributed by atoms with Gasteiger partial charge in [-0.15, -0.1) is 0 Å². The summed E-state index contributed by atoms with van der Waals surface area (Å²) in [6.07, 6.45) is 6.13. The van der Waals surface area contributed by atoms with Gasteiger partial charge in [0, 0.05) is 38.2 Å². The van der Waals surface area contributed by atoms with Crippen LogP contribution in [0.15, 0.2) is 30.7 Å². The first-order valence-corrected chi connectivity index (χ1v) is 6.64. The fourth-order valence-corrected chi connectivity index (χ4v) is 1.88. The molecule has 6 nitrogen and oxygen atoms in total. The van der Waals surface area contributed by atoms with E-state index in [9.17, 15) is 4.79 Å². The monoisotopic (exact) mass is 273 g/mol. The SMILES string of the molecule is CCNc1ccnc(C(=O)NCCc2cnn(C)c2)c1. The second-order valence-corrected chi connectivity index (χ2v) is 4.49. The Labute approximate surface area is 118 Å². The van der Waals surface area contributed by atoms with Gasteiger partial charge in [-0.2, -0.15) is 5.10 Å². The number of hydrogen-bond acceptors (Lipinski definition) is 4. The molecule has 2 rings (SSSR count). The molecular weight excluding hydrogens is 254 g/mol. The van der Waals surface area contributed by atoms with E-state index < -0.39 is 0 Å². The highest BCUT2D eigenvalue weighted by Crippen LogP contribution is 2.07. The van der Waals surface area contributed by atoms with E-state index in [1.807, 2.05) is 26.2 Å². The van der Waals surface area contributed by atoms with Gasteiger partial charge in [-0.1, -0.05) is 0 Å². The smallest absolute Gasteiger partial charge is 0.269 e. The summed E-state index contributed by atoms with van der Waals surface area (Å²) in [6.45, 7) is 3.39. The molecule has 2 aromatic rings. The van der Waals surface area contributed by atoms with E-state index in [0.717, 1.165) is 24.2 Å². The van der Waals surface area contributed by atoms with Gasteiger partial charge in [0.05, 0.1) is 6.20 Å². The van der Waals surface area contributed by atoms with Crippen LogP contribution >= 0.6 is 0 Å². The van der Waals surface area contributed by atoms with Gasteiger partial charge in [0.2, 0.25) is 0 Å². The molecular formula is C14H19N5O. The lowest BCUT2D eigenvalue weighted by atomic mass is 10.2. The van der Waals surface area contributed by atoms with E-state index in [2.05, 4.69) is 20.7 Å². The summed E-state index contributed by atoms with van der Waals surface area (Å²) >= 11 is 0. The molecule has 0 aliphatic rings. The molecule has 0 fully saturated rings. The Morgan fingerprint density at radius 2 is 2.30 bits per heavy atom. The molecule has 106 valence electrons. The molecule has 20 heavy (non-hydrogen) atoms. The van der Waals surface area contributed by atoms with Crippen LogP contribution in [0.2, 0.25) is 0 Å². The molecule has 0 aliphatic carbocycles. The number of aromatic nitrogens is 3. The maximum atomic E-state index is 12.0. The van der Waals surface area contributed by atoms with Crippen LogP contribution in [-0.4, -0.2) is 33.8 Å². The van der Waals surface area contributed by atoms with E-state index in [4.69, 9.17) is 0 Å². The number of carbonyl (C=O) groups is 1. The molecule has 1 amide bonds. The van der Waals surface area contributed by atoms with Crippen LogP contribution < -0.4 is 10.6 Å². The van der Waals surface area contributed by atoms with Crippen molar-refractivity contribution in [3.8, 4) is 0 Å². The standard InChI is InChI=1S/C14H19N5O/c1-3-15-12-5-7-16-13(8-12)14(20)17-6-4-11-9-18-19(2)10-11/h5,7-10H,3-4,6H2,1-2H3,(H,15,16)(H,17,20). The minimum Gasteiger partial charge on any atom is -0.385 e. The van der Waals surface area contributed by atoms with Crippen LogP contribution in [0, 0.1) is 0 Å². The maximum absolute atomic E-state index is 12.0. The van der Waals surface area contributed by atoms with Crippen molar-refractivity contribution in [1.29, 1.82) is 0 Å². The van der Waals surface area contributed by atoms with Crippen molar-refractivity contribution >= 4 is 11.6 Å². The van der Waals surface area contributed by atoms with Crippen molar-refractivity contribution in [3.63, 3.8) is 0 Å². The van der Waals surface area contributed by atoms with Gasteiger partial charge in [-0.3, -0.25) is 14.5 Å². The van der Waals surface area contributed by atoms with Crippen LogP contribution in [0.3, 0.4) is 0 Å². The topological polar surface area (TPSA) is 71.8 Å². The lowest BCUT2D eigenvalue weighted by Gasteiger charge is -2.06. The third-order valence-corrected chi connectivity index (χ3v) is 2.83. The summed E-state index contributed by atoms with van der Waals surface area (Å²) in [5, 5.41) is 10.1. The van der Waals surface area contributed by atoms with Gasteiger partial charge in [0.1, 0.15) is 5.69 Å². The second kappa shape index (κ2) is 6.70. The summed E-state index contributed by atoms with van der Waals surface area (Å²) in [6, 6.07) is 3.60. The number of nitrogens with one attached hydrogen (secondary N) is 2. The molecule has 0 aliphatic heterocycles. The highest BCUT2D eigenvalue weighted by Gasteiger charge is 2.07. The number of rotatable bonds is 6. The summed E-state index contributed by atoms with van der Waals surface area (Å²) in [5.74, 6) is -0.159. The number of nitrogens with zero attached hydrogens (tertiary/aromatic N) is 3. The van der Waals surface area contributed by atoms with E-state index in [1.165, 1.54) is 0 Å². The predicted molar refractivity (Wildman–Crippen MR) is 77.6 cm³/mol. The normalized spacial score (nSPS) is 10.3. The fraction of sp³-hybridized carbons (Fsp3) is 0.357. The number of amides is 1. The molecule has 0 bridgehead atoms. The van der Waals surface area contributed by atoms with Gasteiger partial charge >= 0.3 is 0 Å². The molecule has 0 spiro atoms. The molecule has 6 heteroatoms. The Kier molecular flexibility index (Phi) is 4.70. The van der Waals surface area contributed by atoms with Gasteiger partial charge in [0.15, 0.2) is 0 Å². The van der Waals surface area contributed by atoms with Gasteiger partial charge in [-0.25, -0.2) is 0 Å². The minimum absolute atomic E-state index is 0.159. The van der Waals surface area contributed by atoms with Crippen molar-refractivity contribution in [3.05, 3.63) is 42.0 Å². The minimum atomic E-state index is -0.159. The zero-order chi connectivity index (χ0) is 14.4. The summed E-state index contributed by atoms with van der Waals surface area (Å²) < 4.78 is 1.75. The predicted octanol–water partition coefficient (Wildman–Crippen LogP) is 1.22. The van der Waals surface area contributed by atoms with E-state index in [-0.39, 0.29) is 5.91 Å². The molecule has 0 saturated heterocycles. The molecule has 0 saturated carbocycles. The molecule has 2 heterocycles. The molecule has 0 unspecified atom stereocenters. The molecule has 2 aromatic heterocycles. The summed E-state index contributed by atoms with van der Waals surface area (Å²) in [7, 11) is 1.87. The van der Waals surface area contributed by atoms with Crippen LogP contribution in [0.4, 0.5) is 5.69 Å². The molecule has 0 radical (unpaired) electrons. The maximum Gasteiger partial charge on any atom is 0.269 e. The number of anilines is 1. The lowest BCUT2D eigenvalue weighted by molar-refractivity contribution is 0.0949. The average Bonchev–Trinajstić information content (AvgIpc) is 2.85. The number of pyridine rings is 1. The highest BCUT2D eigenvalue weighted by molar-refractivity contribution is 5.93. The highest BCUT2D eigenvalue weighted by atomic mass is 16.1. The lowest BCUT2D eigenvalue weighted by Crippen LogP contribution is -2.26. The van der Waals surface area contributed by atoms with Crippen LogP contribution in [0.1, 0.15) is 23.0 Å². The first-order chi connectivity index (χ1) is 9.69. The van der Waals surface area contributed by atoms with E-state index in [0.29, 0.717) is 12.2 Å². The Bertz CT molecular complexity index is 578. The van der Waals surface area contributed by atoms with Crippen molar-refractivity contribution in [2.75, 3.05) is 18.4 Å². The molecule has 0 aromatic carbocycles. The molecule has 2 N–H and O–H groups in total. The zero-order valence-corrected chi connectivity index (χ0v) is 11.8. The Morgan fingerprint density at radius 3 is 3.00 bits per heavy atom. The van der Waals surface area contributed by atoms with Crippen molar-refractivity contribution in [2.24, 2.45) is 7.05 Å². The average molecular weight is 273 g/mol. The van der Waals surface area contributed by atoms with Crippen LogP contribution in [0.5, 0.6) is 0 Å². The number of aryl methyl sites for hydroxylation is 1. The first kappa shape index (κ1) is 14.0. The van der Waals surface area contributed by atoms with Crippen molar-refractivity contribution < 1.29 is 4.79 Å². The first-order valence-electron chi connectivity index (χ1n) is 6.64. The van der Waals surface area contributed by atoms with E-state index in [1.54, 1.807) is 23.1 Å². The van der Waals surface area contributed by atoms with Gasteiger partial charge in [-0.05, 0) is 31.0 Å². The van der Waals surface area contributed by atoms with Crippen molar-refractivity contribution in [1.82, 2.24) is 20.1 Å². The van der Waals surface area contributed by atoms with Crippen LogP contribution in [-0.2, 0) is 13.5 Å².